The van der Waals surface area contributed by atoms with Crippen molar-refractivity contribution in [3.8, 4) is 11.5 Å². The van der Waals surface area contributed by atoms with Gasteiger partial charge in [0.05, 0.1) is 25.8 Å². The van der Waals surface area contributed by atoms with Gasteiger partial charge in [0.15, 0.2) is 0 Å². The second-order valence-electron chi connectivity index (χ2n) is 5.37. The van der Waals surface area contributed by atoms with Crippen molar-refractivity contribution < 1.29 is 14.8 Å². The Kier molecular flexibility index (Phi) is 5.52. The van der Waals surface area contributed by atoms with Gasteiger partial charge in [0.2, 0.25) is 0 Å². The van der Waals surface area contributed by atoms with Gasteiger partial charge in [-0.2, -0.15) is 0 Å². The highest BCUT2D eigenvalue weighted by Crippen LogP contribution is 2.23. The number of rotatable bonds is 5. The molecule has 2 N–H and O–H groups in total. The Balaban J connectivity index is 1.96. The SMILES string of the molecule is COc1ccc(OC)c(C[NH2+]C2CCCCCC2)c1. The van der Waals surface area contributed by atoms with Crippen molar-refractivity contribution in [2.24, 2.45) is 0 Å². The van der Waals surface area contributed by atoms with Gasteiger partial charge in [-0.25, -0.2) is 0 Å². The molecule has 1 aliphatic carbocycles. The molecule has 0 unspecified atom stereocenters. The smallest absolute Gasteiger partial charge is 0.127 e. The van der Waals surface area contributed by atoms with Crippen molar-refractivity contribution >= 4 is 0 Å². The van der Waals surface area contributed by atoms with Crippen LogP contribution in [0.25, 0.3) is 0 Å². The molecule has 19 heavy (non-hydrogen) atoms. The summed E-state index contributed by atoms with van der Waals surface area (Å²) in [5.41, 5.74) is 1.23. The normalized spacial score (nSPS) is 16.9. The minimum Gasteiger partial charge on any atom is -0.497 e. The van der Waals surface area contributed by atoms with E-state index in [0.717, 1.165) is 24.1 Å². The second-order valence-corrected chi connectivity index (χ2v) is 5.37. The second kappa shape index (κ2) is 7.39. The molecule has 1 aromatic carbocycles. The lowest BCUT2D eigenvalue weighted by Gasteiger charge is -2.15. The summed E-state index contributed by atoms with van der Waals surface area (Å²) in [4.78, 5) is 0. The number of methoxy groups -OCH3 is 2. The van der Waals surface area contributed by atoms with Crippen LogP contribution in [0.5, 0.6) is 11.5 Å². The molecule has 0 spiro atoms. The highest BCUT2D eigenvalue weighted by atomic mass is 16.5. The van der Waals surface area contributed by atoms with Crippen LogP contribution in [0.15, 0.2) is 18.2 Å². The molecule has 1 aliphatic rings. The number of hydrogen-bond acceptors (Lipinski definition) is 2. The number of quaternary nitrogens is 1. The quantitative estimate of drug-likeness (QED) is 0.829. The first-order valence-corrected chi connectivity index (χ1v) is 7.37. The molecule has 0 bridgehead atoms. The van der Waals surface area contributed by atoms with Crippen LogP contribution in [0.2, 0.25) is 0 Å². The Morgan fingerprint density at radius 1 is 1.05 bits per heavy atom. The fourth-order valence-electron chi connectivity index (χ4n) is 2.88. The van der Waals surface area contributed by atoms with E-state index in [-0.39, 0.29) is 0 Å². The summed E-state index contributed by atoms with van der Waals surface area (Å²) in [7, 11) is 3.44. The van der Waals surface area contributed by atoms with Crippen molar-refractivity contribution in [1.82, 2.24) is 0 Å². The van der Waals surface area contributed by atoms with Gasteiger partial charge < -0.3 is 14.8 Å². The lowest BCUT2D eigenvalue weighted by Crippen LogP contribution is -2.88. The minimum absolute atomic E-state index is 0.776. The lowest BCUT2D eigenvalue weighted by molar-refractivity contribution is -0.705. The van der Waals surface area contributed by atoms with Gasteiger partial charge in [0.1, 0.15) is 18.0 Å². The van der Waals surface area contributed by atoms with Crippen molar-refractivity contribution in [2.75, 3.05) is 14.2 Å². The number of nitrogens with two attached hydrogens (primary N) is 1. The molecule has 1 aromatic rings. The van der Waals surface area contributed by atoms with Gasteiger partial charge in [-0.05, 0) is 43.9 Å². The Hall–Kier alpha value is -1.22. The summed E-state index contributed by atoms with van der Waals surface area (Å²) in [5, 5.41) is 2.47. The standard InChI is InChI=1S/C16H25NO2/c1-18-15-9-10-16(19-2)13(11-15)12-17-14-7-5-3-4-6-8-14/h9-11,14,17H,3-8,12H2,1-2H3/p+1. The van der Waals surface area contributed by atoms with Crippen LogP contribution in [-0.2, 0) is 6.54 Å². The molecule has 0 aliphatic heterocycles. The summed E-state index contributed by atoms with van der Waals surface area (Å²) in [6.45, 7) is 0.977. The third kappa shape index (κ3) is 4.13. The van der Waals surface area contributed by atoms with E-state index >= 15 is 0 Å². The van der Waals surface area contributed by atoms with E-state index in [1.165, 1.54) is 44.1 Å². The predicted octanol–water partition coefficient (Wildman–Crippen LogP) is 2.49. The zero-order chi connectivity index (χ0) is 13.5. The van der Waals surface area contributed by atoms with E-state index in [0.29, 0.717) is 0 Å². The molecule has 0 atom stereocenters. The number of ether oxygens (including phenoxy) is 2. The highest BCUT2D eigenvalue weighted by molar-refractivity contribution is 5.39. The first kappa shape index (κ1) is 14.2. The van der Waals surface area contributed by atoms with Crippen LogP contribution in [0.1, 0.15) is 44.1 Å². The van der Waals surface area contributed by atoms with Crippen LogP contribution < -0.4 is 14.8 Å². The summed E-state index contributed by atoms with van der Waals surface area (Å²) in [6.07, 6.45) is 8.30. The molecular weight excluding hydrogens is 238 g/mol. The van der Waals surface area contributed by atoms with Crippen molar-refractivity contribution in [2.45, 2.75) is 51.1 Å². The van der Waals surface area contributed by atoms with Crippen molar-refractivity contribution in [1.29, 1.82) is 0 Å². The number of benzene rings is 1. The van der Waals surface area contributed by atoms with Crippen LogP contribution in [-0.4, -0.2) is 20.3 Å². The molecule has 3 heteroatoms. The first-order chi connectivity index (χ1) is 9.33. The topological polar surface area (TPSA) is 35.1 Å². The molecule has 2 rings (SSSR count). The largest absolute Gasteiger partial charge is 0.497 e. The molecule has 0 aromatic heterocycles. The molecular formula is C16H26NO2+. The van der Waals surface area contributed by atoms with E-state index in [4.69, 9.17) is 9.47 Å². The fraction of sp³-hybridized carbons (Fsp3) is 0.625. The van der Waals surface area contributed by atoms with Crippen LogP contribution >= 0.6 is 0 Å². The molecule has 3 nitrogen and oxygen atoms in total. The summed E-state index contributed by atoms with van der Waals surface area (Å²) in [5.74, 6) is 1.87. The average molecular weight is 264 g/mol. The van der Waals surface area contributed by atoms with Gasteiger partial charge in [0, 0.05) is 0 Å². The van der Waals surface area contributed by atoms with Crippen molar-refractivity contribution in [3.05, 3.63) is 23.8 Å². The van der Waals surface area contributed by atoms with Crippen LogP contribution in [0, 0.1) is 0 Å². The minimum atomic E-state index is 0.776. The van der Waals surface area contributed by atoms with Gasteiger partial charge in [-0.1, -0.05) is 12.8 Å². The summed E-state index contributed by atoms with van der Waals surface area (Å²) < 4.78 is 10.7. The molecule has 106 valence electrons. The third-order valence-corrected chi connectivity index (χ3v) is 4.06. The highest BCUT2D eigenvalue weighted by Gasteiger charge is 2.16. The van der Waals surface area contributed by atoms with Gasteiger partial charge in [-0.15, -0.1) is 0 Å². The maximum atomic E-state index is 5.43. The summed E-state index contributed by atoms with van der Waals surface area (Å²) in [6, 6.07) is 6.81. The maximum absolute atomic E-state index is 5.43. The third-order valence-electron chi connectivity index (χ3n) is 4.06. The molecule has 0 radical (unpaired) electrons. The van der Waals surface area contributed by atoms with E-state index in [2.05, 4.69) is 11.4 Å². The Bertz CT molecular complexity index is 384. The van der Waals surface area contributed by atoms with Gasteiger partial charge in [-0.3, -0.25) is 0 Å². The Morgan fingerprint density at radius 3 is 2.42 bits per heavy atom. The zero-order valence-electron chi connectivity index (χ0n) is 12.2. The molecule has 1 saturated carbocycles. The van der Waals surface area contributed by atoms with E-state index < -0.39 is 0 Å². The van der Waals surface area contributed by atoms with Crippen LogP contribution in [0.4, 0.5) is 0 Å². The van der Waals surface area contributed by atoms with E-state index in [9.17, 15) is 0 Å². The zero-order valence-corrected chi connectivity index (χ0v) is 12.2. The van der Waals surface area contributed by atoms with Crippen molar-refractivity contribution in [3.63, 3.8) is 0 Å². The van der Waals surface area contributed by atoms with Gasteiger partial charge >= 0.3 is 0 Å². The summed E-state index contributed by atoms with van der Waals surface area (Å²) >= 11 is 0. The van der Waals surface area contributed by atoms with E-state index in [1.54, 1.807) is 14.2 Å². The Morgan fingerprint density at radius 2 is 1.79 bits per heavy atom. The Labute approximate surface area is 116 Å². The number of hydrogen-bond donors (Lipinski definition) is 1. The van der Waals surface area contributed by atoms with E-state index in [1.807, 2.05) is 12.1 Å². The monoisotopic (exact) mass is 264 g/mol. The molecule has 0 amide bonds. The first-order valence-electron chi connectivity index (χ1n) is 7.37. The average Bonchev–Trinajstić information content (AvgIpc) is 2.73. The molecule has 1 fully saturated rings. The predicted molar refractivity (Wildman–Crippen MR) is 76.7 cm³/mol. The fourth-order valence-corrected chi connectivity index (χ4v) is 2.88. The molecule has 0 heterocycles. The lowest BCUT2D eigenvalue weighted by atomic mass is 10.1. The maximum Gasteiger partial charge on any atom is 0.127 e. The van der Waals surface area contributed by atoms with Crippen LogP contribution in [0.3, 0.4) is 0 Å². The van der Waals surface area contributed by atoms with Gasteiger partial charge in [0.25, 0.3) is 0 Å². The molecule has 0 saturated heterocycles.